The maximum absolute atomic E-state index is 13.3. The summed E-state index contributed by atoms with van der Waals surface area (Å²) >= 11 is 6.26. The molecule has 1 aliphatic rings. The average Bonchev–Trinajstić information content (AvgIpc) is 3.06. The van der Waals surface area contributed by atoms with Gasteiger partial charge < -0.3 is 15.1 Å². The molecule has 1 aromatic carbocycles. The van der Waals surface area contributed by atoms with Crippen molar-refractivity contribution in [2.75, 3.05) is 26.2 Å². The highest BCUT2D eigenvalue weighted by molar-refractivity contribution is 6.31. The largest absolute Gasteiger partial charge is 0.351 e. The van der Waals surface area contributed by atoms with E-state index in [2.05, 4.69) is 20.2 Å². The molecule has 3 heterocycles. The Morgan fingerprint density at radius 2 is 2.21 bits per heavy atom. The van der Waals surface area contributed by atoms with E-state index in [-0.39, 0.29) is 11.8 Å². The lowest BCUT2D eigenvalue weighted by atomic mass is 9.96. The first kappa shape index (κ1) is 18.8. The summed E-state index contributed by atoms with van der Waals surface area (Å²) in [5.41, 5.74) is 3.57. The highest BCUT2D eigenvalue weighted by atomic mass is 35.5. The highest BCUT2D eigenvalue weighted by Crippen LogP contribution is 2.34. The van der Waals surface area contributed by atoms with Crippen LogP contribution < -0.4 is 5.32 Å². The molecule has 3 aromatic rings. The van der Waals surface area contributed by atoms with E-state index in [0.29, 0.717) is 29.5 Å². The van der Waals surface area contributed by atoms with E-state index >= 15 is 0 Å². The summed E-state index contributed by atoms with van der Waals surface area (Å²) in [5.74, 6) is -0.164. The van der Waals surface area contributed by atoms with Gasteiger partial charge in [0.05, 0.1) is 18.3 Å². The summed E-state index contributed by atoms with van der Waals surface area (Å²) in [6.07, 6.45) is 2.55. The summed E-state index contributed by atoms with van der Waals surface area (Å²) in [4.78, 5) is 34.2. The first-order valence-corrected chi connectivity index (χ1v) is 9.63. The number of nitrogens with zero attached hydrogens (tertiary/aromatic N) is 2. The van der Waals surface area contributed by atoms with Crippen LogP contribution in [0.3, 0.4) is 0 Å². The minimum absolute atomic E-state index is 0.116. The fourth-order valence-electron chi connectivity index (χ4n) is 3.84. The number of aromatic amines is 1. The summed E-state index contributed by atoms with van der Waals surface area (Å²) in [6, 6.07) is 9.08. The number of hydrogen-bond donors (Lipinski definition) is 2. The number of carbonyl (C=O) groups is 2. The van der Waals surface area contributed by atoms with Gasteiger partial charge in [-0.05, 0) is 42.8 Å². The van der Waals surface area contributed by atoms with E-state index in [9.17, 15) is 9.59 Å². The Bertz CT molecular complexity index is 1050. The van der Waals surface area contributed by atoms with Crippen LogP contribution in [0.4, 0.5) is 0 Å². The number of aryl methyl sites for hydroxylation is 1. The molecule has 1 atom stereocenters. The number of aldehydes is 1. The van der Waals surface area contributed by atoms with Crippen molar-refractivity contribution in [3.63, 3.8) is 0 Å². The van der Waals surface area contributed by atoms with Gasteiger partial charge in [0, 0.05) is 47.3 Å². The zero-order valence-corrected chi connectivity index (χ0v) is 16.3. The standard InChI is InChI=1S/C21H21ClN4O2/c1-13-4-5-24-17(10-13)21(28)20-19(15-11-14(22)2-3-16(15)25-20)18-12-23-6-7-26(18)8-9-27/h2-5,9-11,18,23,25H,6-8,12H2,1H3. The van der Waals surface area contributed by atoms with E-state index in [0.717, 1.165) is 41.4 Å². The number of pyridine rings is 1. The number of carbonyl (C=O) groups excluding carboxylic acids is 2. The van der Waals surface area contributed by atoms with Gasteiger partial charge in [-0.25, -0.2) is 0 Å². The fourth-order valence-corrected chi connectivity index (χ4v) is 4.02. The van der Waals surface area contributed by atoms with Crippen LogP contribution in [0, 0.1) is 6.92 Å². The number of aromatic nitrogens is 2. The molecule has 1 aliphatic heterocycles. The van der Waals surface area contributed by atoms with Crippen molar-refractivity contribution in [1.82, 2.24) is 20.2 Å². The second-order valence-corrected chi connectivity index (χ2v) is 7.47. The molecule has 28 heavy (non-hydrogen) atoms. The number of benzene rings is 1. The maximum Gasteiger partial charge on any atom is 0.227 e. The summed E-state index contributed by atoms with van der Waals surface area (Å²) in [6.45, 7) is 4.43. The Labute approximate surface area is 167 Å². The number of hydrogen-bond acceptors (Lipinski definition) is 5. The van der Waals surface area contributed by atoms with E-state index < -0.39 is 0 Å². The first-order chi connectivity index (χ1) is 13.6. The van der Waals surface area contributed by atoms with E-state index in [1.807, 2.05) is 25.1 Å². The van der Waals surface area contributed by atoms with Crippen LogP contribution in [0.15, 0.2) is 36.5 Å². The predicted molar refractivity (Wildman–Crippen MR) is 109 cm³/mol. The second kappa shape index (κ2) is 7.83. The van der Waals surface area contributed by atoms with Gasteiger partial charge in [-0.3, -0.25) is 14.7 Å². The van der Waals surface area contributed by atoms with Crippen LogP contribution in [-0.4, -0.2) is 53.1 Å². The number of nitrogens with one attached hydrogen (secondary N) is 2. The third-order valence-electron chi connectivity index (χ3n) is 5.17. The van der Waals surface area contributed by atoms with Gasteiger partial charge in [-0.1, -0.05) is 11.6 Å². The molecule has 1 fully saturated rings. The van der Waals surface area contributed by atoms with Crippen LogP contribution in [0.5, 0.6) is 0 Å². The normalized spacial score (nSPS) is 17.7. The number of fused-ring (bicyclic) bond motifs is 1. The maximum atomic E-state index is 13.3. The van der Waals surface area contributed by atoms with E-state index in [1.54, 1.807) is 18.3 Å². The van der Waals surface area contributed by atoms with Crippen LogP contribution in [0.25, 0.3) is 10.9 Å². The number of halogens is 1. The molecule has 0 spiro atoms. The average molecular weight is 397 g/mol. The van der Waals surface area contributed by atoms with Gasteiger partial charge in [0.1, 0.15) is 12.0 Å². The van der Waals surface area contributed by atoms with Gasteiger partial charge in [0.2, 0.25) is 5.78 Å². The minimum Gasteiger partial charge on any atom is -0.351 e. The van der Waals surface area contributed by atoms with Crippen molar-refractivity contribution in [1.29, 1.82) is 0 Å². The van der Waals surface area contributed by atoms with Crippen LogP contribution in [0.1, 0.15) is 33.4 Å². The molecule has 6 nitrogen and oxygen atoms in total. The Morgan fingerprint density at radius 3 is 3.00 bits per heavy atom. The first-order valence-electron chi connectivity index (χ1n) is 9.25. The lowest BCUT2D eigenvalue weighted by molar-refractivity contribution is -0.109. The Hall–Kier alpha value is -2.54. The number of rotatable bonds is 5. The van der Waals surface area contributed by atoms with Crippen molar-refractivity contribution in [3.05, 3.63) is 64.1 Å². The van der Waals surface area contributed by atoms with Crippen molar-refractivity contribution >= 4 is 34.6 Å². The van der Waals surface area contributed by atoms with Gasteiger partial charge in [0.25, 0.3) is 0 Å². The number of H-pyrrole nitrogens is 1. The Balaban J connectivity index is 1.89. The Morgan fingerprint density at radius 1 is 1.36 bits per heavy atom. The monoisotopic (exact) mass is 396 g/mol. The smallest absolute Gasteiger partial charge is 0.227 e. The molecule has 0 saturated carbocycles. The van der Waals surface area contributed by atoms with Crippen molar-refractivity contribution in [3.8, 4) is 0 Å². The number of ketones is 1. The SMILES string of the molecule is Cc1ccnc(C(=O)c2[nH]c3ccc(Cl)cc3c2C2CNCCN2CC=O)c1. The predicted octanol–water partition coefficient (Wildman–Crippen LogP) is 2.90. The van der Waals surface area contributed by atoms with E-state index in [4.69, 9.17) is 11.6 Å². The van der Waals surface area contributed by atoms with E-state index in [1.165, 1.54) is 0 Å². The number of piperazine rings is 1. The van der Waals surface area contributed by atoms with Crippen LogP contribution in [0.2, 0.25) is 5.02 Å². The lowest BCUT2D eigenvalue weighted by Crippen LogP contribution is -2.47. The van der Waals surface area contributed by atoms with Crippen molar-refractivity contribution in [2.24, 2.45) is 0 Å². The van der Waals surface area contributed by atoms with Gasteiger partial charge >= 0.3 is 0 Å². The molecule has 1 saturated heterocycles. The second-order valence-electron chi connectivity index (χ2n) is 7.03. The van der Waals surface area contributed by atoms with Gasteiger partial charge in [0.15, 0.2) is 0 Å². The minimum atomic E-state index is -0.164. The molecule has 2 N–H and O–H groups in total. The molecule has 144 valence electrons. The molecule has 7 heteroatoms. The summed E-state index contributed by atoms with van der Waals surface area (Å²) in [5, 5.41) is 4.87. The topological polar surface area (TPSA) is 78.1 Å². The molecular weight excluding hydrogens is 376 g/mol. The van der Waals surface area contributed by atoms with Gasteiger partial charge in [-0.2, -0.15) is 0 Å². The summed E-state index contributed by atoms with van der Waals surface area (Å²) < 4.78 is 0. The fraction of sp³-hybridized carbons (Fsp3) is 0.286. The zero-order valence-electron chi connectivity index (χ0n) is 15.5. The van der Waals surface area contributed by atoms with Gasteiger partial charge in [-0.15, -0.1) is 0 Å². The van der Waals surface area contributed by atoms with Crippen molar-refractivity contribution < 1.29 is 9.59 Å². The zero-order chi connectivity index (χ0) is 19.7. The molecule has 0 bridgehead atoms. The summed E-state index contributed by atoms with van der Waals surface area (Å²) in [7, 11) is 0. The highest BCUT2D eigenvalue weighted by Gasteiger charge is 2.31. The molecule has 0 radical (unpaired) electrons. The molecule has 0 amide bonds. The lowest BCUT2D eigenvalue weighted by Gasteiger charge is -2.35. The Kier molecular flexibility index (Phi) is 5.26. The molecule has 0 aliphatic carbocycles. The third kappa shape index (κ3) is 3.46. The van der Waals surface area contributed by atoms with Crippen LogP contribution >= 0.6 is 11.6 Å². The molecular formula is C21H21ClN4O2. The quantitative estimate of drug-likeness (QED) is 0.512. The van der Waals surface area contributed by atoms with Crippen molar-refractivity contribution in [2.45, 2.75) is 13.0 Å². The molecule has 2 aromatic heterocycles. The molecule has 1 unspecified atom stereocenters. The van der Waals surface area contributed by atoms with Crippen LogP contribution in [-0.2, 0) is 4.79 Å². The molecule has 4 rings (SSSR count). The third-order valence-corrected chi connectivity index (χ3v) is 5.41.